The van der Waals surface area contributed by atoms with Crippen molar-refractivity contribution in [2.45, 2.75) is 28.7 Å². The van der Waals surface area contributed by atoms with Gasteiger partial charge in [0.05, 0.1) is 16.6 Å². The van der Waals surface area contributed by atoms with Gasteiger partial charge in [0.2, 0.25) is 10.0 Å². The summed E-state index contributed by atoms with van der Waals surface area (Å²) >= 11 is 1.55. The van der Waals surface area contributed by atoms with Crippen molar-refractivity contribution in [3.63, 3.8) is 0 Å². The van der Waals surface area contributed by atoms with Gasteiger partial charge in [-0.2, -0.15) is 0 Å². The van der Waals surface area contributed by atoms with E-state index in [-0.39, 0.29) is 23.1 Å². The number of hydrogen-bond acceptors (Lipinski definition) is 7. The summed E-state index contributed by atoms with van der Waals surface area (Å²) in [4.78, 5) is 25.2. The molecular weight excluding hydrogens is 440 g/mol. The molecule has 0 radical (unpaired) electrons. The summed E-state index contributed by atoms with van der Waals surface area (Å²) in [5, 5.41) is 2.66. The van der Waals surface area contributed by atoms with Crippen molar-refractivity contribution in [1.82, 2.24) is 4.72 Å². The minimum Gasteiger partial charge on any atom is -0.452 e. The van der Waals surface area contributed by atoms with E-state index in [0.717, 1.165) is 17.7 Å². The molecule has 0 bridgehead atoms. The summed E-state index contributed by atoms with van der Waals surface area (Å²) in [5.41, 5.74) is 0.758. The molecule has 1 aliphatic heterocycles. The van der Waals surface area contributed by atoms with Crippen LogP contribution in [0.4, 0.5) is 5.69 Å². The third kappa shape index (κ3) is 6.79. The molecule has 1 atom stereocenters. The number of thioether (sulfide) groups is 1. The molecule has 1 unspecified atom stereocenters. The zero-order chi connectivity index (χ0) is 22.3. The number of anilines is 1. The molecule has 0 aromatic heterocycles. The Labute approximate surface area is 185 Å². The highest BCUT2D eigenvalue weighted by atomic mass is 32.2. The van der Waals surface area contributed by atoms with Gasteiger partial charge in [0.1, 0.15) is 0 Å². The SMILES string of the molecule is CSc1cccc(NC(=O)COC(=O)c2ccc(S(=O)(=O)NCC3CCCO3)cc2)c1. The summed E-state index contributed by atoms with van der Waals surface area (Å²) in [6.07, 6.45) is 3.56. The summed E-state index contributed by atoms with van der Waals surface area (Å²) in [7, 11) is -3.70. The number of ether oxygens (including phenoxy) is 2. The van der Waals surface area contributed by atoms with E-state index in [4.69, 9.17) is 9.47 Å². The van der Waals surface area contributed by atoms with Crippen molar-refractivity contribution in [1.29, 1.82) is 0 Å². The molecule has 8 nitrogen and oxygen atoms in total. The molecule has 166 valence electrons. The molecular formula is C21H24N2O6S2. The summed E-state index contributed by atoms with van der Waals surface area (Å²) < 4.78 is 37.7. The predicted molar refractivity (Wildman–Crippen MR) is 118 cm³/mol. The number of sulfonamides is 1. The number of hydrogen-bond donors (Lipinski definition) is 2. The van der Waals surface area contributed by atoms with E-state index in [9.17, 15) is 18.0 Å². The van der Waals surface area contributed by atoms with Gasteiger partial charge in [0.25, 0.3) is 5.91 Å². The molecule has 1 amide bonds. The number of amides is 1. The van der Waals surface area contributed by atoms with Crippen molar-refractivity contribution in [3.05, 3.63) is 54.1 Å². The zero-order valence-electron chi connectivity index (χ0n) is 17.0. The highest BCUT2D eigenvalue weighted by Crippen LogP contribution is 2.19. The maximum Gasteiger partial charge on any atom is 0.338 e. The quantitative estimate of drug-likeness (QED) is 0.434. The van der Waals surface area contributed by atoms with Crippen molar-refractivity contribution >= 4 is 39.3 Å². The number of carbonyl (C=O) groups is 2. The minimum absolute atomic E-state index is 0.0356. The topological polar surface area (TPSA) is 111 Å². The Bertz CT molecular complexity index is 1020. The van der Waals surface area contributed by atoms with Crippen LogP contribution in [0, 0.1) is 0 Å². The van der Waals surface area contributed by atoms with E-state index >= 15 is 0 Å². The first kappa shape index (κ1) is 23.3. The number of esters is 1. The van der Waals surface area contributed by atoms with E-state index in [1.807, 2.05) is 24.5 Å². The third-order valence-corrected chi connectivity index (χ3v) is 6.78. The molecule has 2 aromatic rings. The second kappa shape index (κ2) is 10.8. The van der Waals surface area contributed by atoms with Gasteiger partial charge in [-0.3, -0.25) is 4.79 Å². The Hall–Kier alpha value is -2.40. The van der Waals surface area contributed by atoms with Crippen LogP contribution in [0.2, 0.25) is 0 Å². The van der Waals surface area contributed by atoms with Crippen LogP contribution in [0.3, 0.4) is 0 Å². The molecule has 2 N–H and O–H groups in total. The first-order chi connectivity index (χ1) is 14.9. The lowest BCUT2D eigenvalue weighted by Gasteiger charge is -2.11. The van der Waals surface area contributed by atoms with Crippen LogP contribution < -0.4 is 10.0 Å². The Morgan fingerprint density at radius 3 is 2.65 bits per heavy atom. The fraction of sp³-hybridized carbons (Fsp3) is 0.333. The van der Waals surface area contributed by atoms with Gasteiger partial charge in [-0.1, -0.05) is 6.07 Å². The van der Waals surface area contributed by atoms with Gasteiger partial charge in [-0.25, -0.2) is 17.9 Å². The lowest BCUT2D eigenvalue weighted by atomic mass is 10.2. The highest BCUT2D eigenvalue weighted by Gasteiger charge is 2.20. The molecule has 1 heterocycles. The molecule has 31 heavy (non-hydrogen) atoms. The zero-order valence-corrected chi connectivity index (χ0v) is 18.6. The standard InChI is InChI=1S/C21H24N2O6S2/c1-30-18-6-2-4-16(12-18)23-20(24)14-29-21(25)15-7-9-19(10-8-15)31(26,27)22-13-17-5-3-11-28-17/h2,4,6-10,12,17,22H,3,5,11,13-14H2,1H3,(H,23,24). The molecule has 0 aliphatic carbocycles. The number of carbonyl (C=O) groups excluding carboxylic acids is 2. The first-order valence-corrected chi connectivity index (χ1v) is 12.4. The van der Waals surface area contributed by atoms with E-state index in [1.54, 1.807) is 17.8 Å². The highest BCUT2D eigenvalue weighted by molar-refractivity contribution is 7.98. The molecule has 10 heteroatoms. The fourth-order valence-electron chi connectivity index (χ4n) is 2.97. The van der Waals surface area contributed by atoms with Gasteiger partial charge in [-0.05, 0) is 61.6 Å². The van der Waals surface area contributed by atoms with Crippen LogP contribution >= 0.6 is 11.8 Å². The van der Waals surface area contributed by atoms with Crippen LogP contribution in [0.5, 0.6) is 0 Å². The first-order valence-electron chi connectivity index (χ1n) is 9.70. The molecule has 1 aliphatic rings. The maximum atomic E-state index is 12.4. The predicted octanol–water partition coefficient (Wildman–Crippen LogP) is 2.66. The largest absolute Gasteiger partial charge is 0.452 e. The fourth-order valence-corrected chi connectivity index (χ4v) is 4.50. The molecule has 1 saturated heterocycles. The molecule has 0 spiro atoms. The van der Waals surface area contributed by atoms with E-state index < -0.39 is 28.5 Å². The number of nitrogens with one attached hydrogen (secondary N) is 2. The number of benzene rings is 2. The lowest BCUT2D eigenvalue weighted by molar-refractivity contribution is -0.119. The molecule has 3 rings (SSSR count). The Balaban J connectivity index is 1.50. The maximum absolute atomic E-state index is 12.4. The summed E-state index contributed by atoms with van der Waals surface area (Å²) in [6.45, 7) is 0.401. The Morgan fingerprint density at radius 2 is 1.97 bits per heavy atom. The van der Waals surface area contributed by atoms with Crippen molar-refractivity contribution in [2.75, 3.05) is 31.3 Å². The summed E-state index contributed by atoms with van der Waals surface area (Å²) in [5.74, 6) is -1.19. The van der Waals surface area contributed by atoms with E-state index in [2.05, 4.69) is 10.0 Å². The van der Waals surface area contributed by atoms with Gasteiger partial charge in [0, 0.05) is 23.7 Å². The average Bonchev–Trinajstić information content (AvgIpc) is 3.30. The second-order valence-corrected chi connectivity index (χ2v) is 9.51. The van der Waals surface area contributed by atoms with Gasteiger partial charge >= 0.3 is 5.97 Å². The van der Waals surface area contributed by atoms with Crippen LogP contribution in [0.1, 0.15) is 23.2 Å². The van der Waals surface area contributed by atoms with Crippen LogP contribution in [-0.2, 0) is 24.3 Å². The van der Waals surface area contributed by atoms with Crippen molar-refractivity contribution in [3.8, 4) is 0 Å². The normalized spacial score (nSPS) is 16.1. The van der Waals surface area contributed by atoms with Gasteiger partial charge in [-0.15, -0.1) is 11.8 Å². The molecule has 1 fully saturated rings. The second-order valence-electron chi connectivity index (χ2n) is 6.87. The average molecular weight is 465 g/mol. The lowest BCUT2D eigenvalue weighted by Crippen LogP contribution is -2.31. The monoisotopic (exact) mass is 464 g/mol. The minimum atomic E-state index is -3.70. The molecule has 2 aromatic carbocycles. The van der Waals surface area contributed by atoms with Crippen molar-refractivity contribution in [2.24, 2.45) is 0 Å². The smallest absolute Gasteiger partial charge is 0.338 e. The van der Waals surface area contributed by atoms with Crippen molar-refractivity contribution < 1.29 is 27.5 Å². The third-order valence-electron chi connectivity index (χ3n) is 4.61. The van der Waals surface area contributed by atoms with E-state index in [1.165, 1.54) is 24.3 Å². The van der Waals surface area contributed by atoms with Crippen LogP contribution in [0.25, 0.3) is 0 Å². The van der Waals surface area contributed by atoms with Crippen LogP contribution in [-0.4, -0.2) is 52.4 Å². The van der Waals surface area contributed by atoms with Crippen LogP contribution in [0.15, 0.2) is 58.3 Å². The summed E-state index contributed by atoms with van der Waals surface area (Å²) in [6, 6.07) is 12.6. The molecule has 0 saturated carbocycles. The number of rotatable bonds is 9. The Kier molecular flexibility index (Phi) is 8.08. The van der Waals surface area contributed by atoms with E-state index in [0.29, 0.717) is 12.3 Å². The van der Waals surface area contributed by atoms with Gasteiger partial charge < -0.3 is 14.8 Å². The Morgan fingerprint density at radius 1 is 1.19 bits per heavy atom. The van der Waals surface area contributed by atoms with Gasteiger partial charge in [0.15, 0.2) is 6.61 Å².